The fraction of sp³-hybridized carbons (Fsp3) is 0.294. The van der Waals surface area contributed by atoms with Crippen LogP contribution >= 0.6 is 11.6 Å². The first-order valence-corrected chi connectivity index (χ1v) is 8.34. The third kappa shape index (κ3) is 7.37. The van der Waals surface area contributed by atoms with Crippen LogP contribution in [0.15, 0.2) is 24.3 Å². The van der Waals surface area contributed by atoms with Crippen molar-refractivity contribution < 1.29 is 29.3 Å². The van der Waals surface area contributed by atoms with Gasteiger partial charge < -0.3 is 20.7 Å². The quantitative estimate of drug-likeness (QED) is 0.328. The van der Waals surface area contributed by atoms with Gasteiger partial charge >= 0.3 is 17.9 Å². The Labute approximate surface area is 160 Å². The van der Waals surface area contributed by atoms with E-state index in [-0.39, 0.29) is 12.4 Å². The maximum Gasteiger partial charge on any atom is 0.414 e. The van der Waals surface area contributed by atoms with Crippen LogP contribution in [-0.4, -0.2) is 44.9 Å². The van der Waals surface area contributed by atoms with Crippen molar-refractivity contribution in [2.24, 2.45) is 0 Å². The van der Waals surface area contributed by atoms with E-state index in [1.54, 1.807) is 12.1 Å². The largest absolute Gasteiger partial charge is 0.473 e. The molecule has 9 nitrogen and oxygen atoms in total. The zero-order valence-corrected chi connectivity index (χ0v) is 15.3. The maximum absolute atomic E-state index is 11.8. The topological polar surface area (TPSA) is 156 Å². The van der Waals surface area contributed by atoms with Gasteiger partial charge in [0, 0.05) is 16.1 Å². The number of aromatic nitrogens is 2. The van der Waals surface area contributed by atoms with Crippen LogP contribution in [0.2, 0.25) is 5.02 Å². The lowest BCUT2D eigenvalue weighted by atomic mass is 10.1. The average molecular weight is 398 g/mol. The van der Waals surface area contributed by atoms with Gasteiger partial charge in [0.05, 0.1) is 18.7 Å². The molecule has 0 aliphatic heterocycles. The maximum atomic E-state index is 11.8. The predicted molar refractivity (Wildman–Crippen MR) is 98.3 cm³/mol. The summed E-state index contributed by atoms with van der Waals surface area (Å²) < 4.78 is 5.16. The van der Waals surface area contributed by atoms with Crippen molar-refractivity contribution in [2.75, 3.05) is 12.3 Å². The molecule has 10 heteroatoms. The first-order valence-electron chi connectivity index (χ1n) is 7.96. The van der Waals surface area contributed by atoms with Gasteiger partial charge in [0.25, 0.3) is 0 Å². The molecule has 1 aromatic carbocycles. The van der Waals surface area contributed by atoms with Gasteiger partial charge in [0.15, 0.2) is 0 Å². The lowest BCUT2D eigenvalue weighted by molar-refractivity contribution is -0.159. The number of nitrogen functional groups attached to an aromatic ring is 1. The number of unbranched alkanes of at least 4 members (excludes halogenated alkanes) is 1. The number of ether oxygens (including phenoxy) is 1. The SMILES string of the molecule is CCCCOC(=O)Cc1c(N)n[nH]c1-c1ccc(Cl)cc1.O=C(O)C(=O)O. The predicted octanol–water partition coefficient (Wildman–Crippen LogP) is 2.35. The summed E-state index contributed by atoms with van der Waals surface area (Å²) in [5, 5.41) is 22.3. The molecule has 1 aromatic heterocycles. The van der Waals surface area contributed by atoms with Gasteiger partial charge in [-0.2, -0.15) is 5.10 Å². The Morgan fingerprint density at radius 2 is 1.78 bits per heavy atom. The number of nitrogens with one attached hydrogen (secondary N) is 1. The van der Waals surface area contributed by atoms with Gasteiger partial charge in [-0.3, -0.25) is 9.89 Å². The zero-order chi connectivity index (χ0) is 20.4. The highest BCUT2D eigenvalue weighted by molar-refractivity contribution is 6.30. The molecule has 0 radical (unpaired) electrons. The number of carboxylic acid groups (broad SMARTS) is 2. The van der Waals surface area contributed by atoms with E-state index in [1.807, 2.05) is 19.1 Å². The molecule has 2 rings (SSSR count). The zero-order valence-electron chi connectivity index (χ0n) is 14.6. The number of rotatable bonds is 6. The van der Waals surface area contributed by atoms with E-state index in [9.17, 15) is 4.79 Å². The highest BCUT2D eigenvalue weighted by Gasteiger charge is 2.17. The molecule has 27 heavy (non-hydrogen) atoms. The summed E-state index contributed by atoms with van der Waals surface area (Å²) in [5.74, 6) is -3.64. The number of hydrogen-bond acceptors (Lipinski definition) is 6. The molecule has 0 aliphatic rings. The number of carboxylic acids is 2. The Morgan fingerprint density at radius 3 is 2.30 bits per heavy atom. The van der Waals surface area contributed by atoms with E-state index in [4.69, 9.17) is 41.9 Å². The fourth-order valence-electron chi connectivity index (χ4n) is 1.94. The molecule has 0 spiro atoms. The van der Waals surface area contributed by atoms with Gasteiger partial charge in [-0.1, -0.05) is 37.1 Å². The molecule has 0 atom stereocenters. The first kappa shape index (κ1) is 22.0. The minimum atomic E-state index is -1.82. The summed E-state index contributed by atoms with van der Waals surface area (Å²) in [6, 6.07) is 7.25. The molecule has 0 fully saturated rings. The summed E-state index contributed by atoms with van der Waals surface area (Å²) in [6.07, 6.45) is 1.94. The molecule has 0 aliphatic carbocycles. The number of benzene rings is 1. The third-order valence-corrected chi connectivity index (χ3v) is 3.55. The molecule has 0 unspecified atom stereocenters. The number of nitrogens with zero attached hydrogens (tertiary/aromatic N) is 1. The van der Waals surface area contributed by atoms with Crippen LogP contribution in [0.5, 0.6) is 0 Å². The van der Waals surface area contributed by atoms with E-state index < -0.39 is 11.9 Å². The van der Waals surface area contributed by atoms with Crippen molar-refractivity contribution in [1.29, 1.82) is 0 Å². The van der Waals surface area contributed by atoms with E-state index >= 15 is 0 Å². The monoisotopic (exact) mass is 397 g/mol. The second kappa shape index (κ2) is 10.8. The number of hydrogen-bond donors (Lipinski definition) is 4. The number of esters is 1. The van der Waals surface area contributed by atoms with Crippen molar-refractivity contribution in [3.63, 3.8) is 0 Å². The van der Waals surface area contributed by atoms with Crippen LogP contribution in [0.4, 0.5) is 5.82 Å². The second-order valence-electron chi connectivity index (χ2n) is 5.33. The number of aliphatic carboxylic acids is 2. The molecular weight excluding hydrogens is 378 g/mol. The number of H-pyrrole nitrogens is 1. The Morgan fingerprint density at radius 1 is 1.19 bits per heavy atom. The van der Waals surface area contributed by atoms with Crippen LogP contribution in [0.1, 0.15) is 25.3 Å². The minimum Gasteiger partial charge on any atom is -0.473 e. The summed E-state index contributed by atoms with van der Waals surface area (Å²) in [5.41, 5.74) is 8.08. The second-order valence-corrected chi connectivity index (χ2v) is 5.77. The van der Waals surface area contributed by atoms with E-state index in [0.29, 0.717) is 23.0 Å². The van der Waals surface area contributed by atoms with Gasteiger partial charge in [0.2, 0.25) is 0 Å². The number of halogens is 1. The summed E-state index contributed by atoms with van der Waals surface area (Å²) in [6.45, 7) is 2.48. The van der Waals surface area contributed by atoms with Crippen molar-refractivity contribution in [1.82, 2.24) is 10.2 Å². The van der Waals surface area contributed by atoms with Gasteiger partial charge in [0.1, 0.15) is 5.82 Å². The van der Waals surface area contributed by atoms with Crippen LogP contribution < -0.4 is 5.73 Å². The highest BCUT2D eigenvalue weighted by Crippen LogP contribution is 2.27. The fourth-order valence-corrected chi connectivity index (χ4v) is 2.07. The lowest BCUT2D eigenvalue weighted by Crippen LogP contribution is -2.10. The van der Waals surface area contributed by atoms with Crippen molar-refractivity contribution >= 4 is 35.3 Å². The van der Waals surface area contributed by atoms with E-state index in [2.05, 4.69) is 10.2 Å². The lowest BCUT2D eigenvalue weighted by Gasteiger charge is -2.06. The normalized spacial score (nSPS) is 9.85. The summed E-state index contributed by atoms with van der Waals surface area (Å²) in [4.78, 5) is 30.0. The summed E-state index contributed by atoms with van der Waals surface area (Å²) >= 11 is 5.87. The third-order valence-electron chi connectivity index (χ3n) is 3.30. The number of anilines is 1. The molecule has 1 heterocycles. The number of carbonyl (C=O) groups excluding carboxylic acids is 1. The molecule has 0 amide bonds. The van der Waals surface area contributed by atoms with Crippen molar-refractivity contribution in [3.05, 3.63) is 34.9 Å². The molecule has 146 valence electrons. The number of aromatic amines is 1. The molecule has 0 saturated heterocycles. The van der Waals surface area contributed by atoms with Crippen molar-refractivity contribution in [3.8, 4) is 11.3 Å². The highest BCUT2D eigenvalue weighted by atomic mass is 35.5. The van der Waals surface area contributed by atoms with E-state index in [0.717, 1.165) is 24.1 Å². The van der Waals surface area contributed by atoms with Crippen LogP contribution in [0.25, 0.3) is 11.3 Å². The van der Waals surface area contributed by atoms with Crippen LogP contribution in [0, 0.1) is 0 Å². The molecule has 0 saturated carbocycles. The Kier molecular flexibility index (Phi) is 8.80. The average Bonchev–Trinajstić information content (AvgIpc) is 2.97. The number of carbonyl (C=O) groups is 3. The van der Waals surface area contributed by atoms with Gasteiger partial charge in [-0.15, -0.1) is 0 Å². The Balaban J connectivity index is 0.000000527. The summed E-state index contributed by atoms with van der Waals surface area (Å²) in [7, 11) is 0. The molecule has 2 aromatic rings. The standard InChI is InChI=1S/C15H18ClN3O2.C2H2O4/c1-2-3-8-21-13(20)9-12-14(18-19-15(12)17)10-4-6-11(16)7-5-10;3-1(4)2(5)6/h4-7H,2-3,8-9H2,1H3,(H3,17,18,19);(H,3,4)(H,5,6). The smallest absolute Gasteiger partial charge is 0.414 e. The number of nitrogens with two attached hydrogens (primary N) is 1. The Bertz CT molecular complexity index is 776. The Hall–Kier alpha value is -3.07. The minimum absolute atomic E-state index is 0.101. The first-order chi connectivity index (χ1) is 12.8. The van der Waals surface area contributed by atoms with Gasteiger partial charge in [-0.05, 0) is 18.6 Å². The van der Waals surface area contributed by atoms with E-state index in [1.165, 1.54) is 0 Å². The molecule has 5 N–H and O–H groups in total. The molecular formula is C17H20ClN3O6. The van der Waals surface area contributed by atoms with Crippen molar-refractivity contribution in [2.45, 2.75) is 26.2 Å². The van der Waals surface area contributed by atoms with Gasteiger partial charge in [-0.25, -0.2) is 9.59 Å². The van der Waals surface area contributed by atoms with Crippen LogP contribution in [0.3, 0.4) is 0 Å². The molecule has 0 bridgehead atoms. The van der Waals surface area contributed by atoms with Crippen LogP contribution in [-0.2, 0) is 25.5 Å².